The third-order valence-electron chi connectivity index (χ3n) is 5.36. The zero-order valence-electron chi connectivity index (χ0n) is 18.3. The molecule has 0 aromatic carbocycles. The van der Waals surface area contributed by atoms with E-state index in [4.69, 9.17) is 4.74 Å². The Labute approximate surface area is 171 Å². The minimum Gasteiger partial charge on any atom is -0.468 e. The van der Waals surface area contributed by atoms with E-state index < -0.39 is 19.5 Å². The highest BCUT2D eigenvalue weighted by Gasteiger charge is 2.34. The summed E-state index contributed by atoms with van der Waals surface area (Å²) in [5.41, 5.74) is 0. The van der Waals surface area contributed by atoms with Crippen LogP contribution < -0.4 is 0 Å². The lowest BCUT2D eigenvalue weighted by Crippen LogP contribution is -2.31. The molecule has 7 heteroatoms. The first-order chi connectivity index (χ1) is 13.3. The monoisotopic (exact) mass is 420 g/mol. The number of Topliss-reactive ketones (excluding diaryl/α,β-unsaturated/α-hetero) is 1. The van der Waals surface area contributed by atoms with Gasteiger partial charge in [-0.2, -0.15) is 0 Å². The van der Waals surface area contributed by atoms with Crippen LogP contribution in [-0.2, 0) is 23.4 Å². The van der Waals surface area contributed by atoms with Crippen LogP contribution in [0.15, 0.2) is 0 Å². The maximum atomic E-state index is 12.1. The summed E-state index contributed by atoms with van der Waals surface area (Å²) in [6, 6.07) is 0. The molecule has 28 heavy (non-hydrogen) atoms. The van der Waals surface area contributed by atoms with Crippen LogP contribution in [0.2, 0.25) is 0 Å². The summed E-state index contributed by atoms with van der Waals surface area (Å²) >= 11 is 0. The molecule has 0 saturated carbocycles. The molecule has 0 bridgehead atoms. The molecule has 0 aliphatic rings. The van der Waals surface area contributed by atoms with Crippen LogP contribution in [0, 0.1) is 11.8 Å². The fourth-order valence-corrected chi connectivity index (χ4v) is 4.45. The van der Waals surface area contributed by atoms with E-state index in [0.717, 1.165) is 19.3 Å². The molecule has 1 N–H and O–H groups in total. The van der Waals surface area contributed by atoms with Crippen molar-refractivity contribution in [2.75, 3.05) is 20.4 Å². The van der Waals surface area contributed by atoms with Crippen LogP contribution in [-0.4, -0.2) is 37.0 Å². The number of carbonyl (C=O) groups excluding carboxylic acids is 2. The highest BCUT2D eigenvalue weighted by Crippen LogP contribution is 2.43. The Morgan fingerprint density at radius 3 is 1.82 bits per heavy atom. The molecule has 6 nitrogen and oxygen atoms in total. The number of hydrogen-bond acceptors (Lipinski definition) is 5. The number of unbranched alkanes of at least 4 members (excludes halogenated alkanes) is 9. The van der Waals surface area contributed by atoms with Gasteiger partial charge in [0.1, 0.15) is 11.7 Å². The van der Waals surface area contributed by atoms with Gasteiger partial charge in [0.25, 0.3) is 0 Å². The number of methoxy groups -OCH3 is 1. The van der Waals surface area contributed by atoms with Gasteiger partial charge < -0.3 is 14.2 Å². The molecule has 1 unspecified atom stereocenters. The van der Waals surface area contributed by atoms with Crippen molar-refractivity contribution in [2.45, 2.75) is 90.9 Å². The molecule has 0 saturated heterocycles. The van der Waals surface area contributed by atoms with Crippen LogP contribution >= 0.6 is 7.60 Å². The molecular formula is C21H41O6P. The Morgan fingerprint density at radius 2 is 1.39 bits per heavy atom. The van der Waals surface area contributed by atoms with Crippen molar-refractivity contribution < 1.29 is 28.3 Å². The molecule has 0 rings (SSSR count). The Morgan fingerprint density at radius 1 is 0.893 bits per heavy atom. The summed E-state index contributed by atoms with van der Waals surface area (Å²) in [5.74, 6) is -1.99. The first-order valence-corrected chi connectivity index (χ1v) is 12.5. The number of hydrogen-bond donors (Lipinski definition) is 1. The first kappa shape index (κ1) is 27.3. The molecule has 0 aromatic heterocycles. The summed E-state index contributed by atoms with van der Waals surface area (Å²) in [4.78, 5) is 33.7. The summed E-state index contributed by atoms with van der Waals surface area (Å²) in [6.45, 7) is 3.60. The van der Waals surface area contributed by atoms with Crippen molar-refractivity contribution in [2.24, 2.45) is 11.8 Å². The van der Waals surface area contributed by atoms with E-state index in [1.165, 1.54) is 66.1 Å². The maximum Gasteiger partial charge on any atom is 0.327 e. The van der Waals surface area contributed by atoms with E-state index in [1.807, 2.05) is 0 Å². The fourth-order valence-electron chi connectivity index (χ4n) is 3.61. The molecular weight excluding hydrogens is 379 g/mol. The van der Waals surface area contributed by atoms with Gasteiger partial charge in [-0.3, -0.25) is 14.2 Å². The standard InChI is InChI=1S/C21H41O6P/c1-5-6-7-8-9-10-11-12-13-14-15-19(16-17-28(24,25)27-4)20(18(2)22)21(23)26-3/h19-20H,5-17H2,1-4H3,(H,24,25)/t19-,20+/m1/s1. The lowest BCUT2D eigenvalue weighted by molar-refractivity contribution is -0.151. The zero-order valence-corrected chi connectivity index (χ0v) is 19.2. The number of esters is 1. The average Bonchev–Trinajstić information content (AvgIpc) is 2.66. The average molecular weight is 421 g/mol. The third-order valence-corrected chi connectivity index (χ3v) is 6.75. The van der Waals surface area contributed by atoms with E-state index in [1.54, 1.807) is 0 Å². The second kappa shape index (κ2) is 16.1. The summed E-state index contributed by atoms with van der Waals surface area (Å²) in [7, 11) is -1.20. The Hall–Kier alpha value is -0.710. The van der Waals surface area contributed by atoms with E-state index in [-0.39, 0.29) is 17.9 Å². The molecule has 0 fully saturated rings. The molecule has 0 aliphatic carbocycles. The molecule has 0 radical (unpaired) electrons. The molecule has 166 valence electrons. The van der Waals surface area contributed by atoms with Crippen LogP contribution in [0.5, 0.6) is 0 Å². The van der Waals surface area contributed by atoms with Crippen molar-refractivity contribution in [3.05, 3.63) is 0 Å². The van der Waals surface area contributed by atoms with E-state index in [2.05, 4.69) is 11.4 Å². The largest absolute Gasteiger partial charge is 0.468 e. The van der Waals surface area contributed by atoms with Gasteiger partial charge in [-0.1, -0.05) is 71.1 Å². The summed E-state index contributed by atoms with van der Waals surface area (Å²) in [5, 5.41) is 0. The molecule has 0 aromatic rings. The number of ether oxygens (including phenoxy) is 1. The predicted molar refractivity (Wildman–Crippen MR) is 112 cm³/mol. The van der Waals surface area contributed by atoms with Gasteiger partial charge in [0.15, 0.2) is 0 Å². The Balaban J connectivity index is 4.43. The third kappa shape index (κ3) is 12.7. The number of rotatable bonds is 18. The predicted octanol–water partition coefficient (Wildman–Crippen LogP) is 5.51. The maximum absolute atomic E-state index is 12.1. The lowest BCUT2D eigenvalue weighted by Gasteiger charge is -2.24. The van der Waals surface area contributed by atoms with Gasteiger partial charge in [0.2, 0.25) is 0 Å². The molecule has 0 aliphatic heterocycles. The minimum absolute atomic E-state index is 0.0628. The van der Waals surface area contributed by atoms with Gasteiger partial charge in [-0.05, 0) is 25.7 Å². The normalized spacial score (nSPS) is 15.6. The van der Waals surface area contributed by atoms with Gasteiger partial charge in [-0.15, -0.1) is 0 Å². The van der Waals surface area contributed by atoms with Crippen molar-refractivity contribution in [3.8, 4) is 0 Å². The van der Waals surface area contributed by atoms with Crippen molar-refractivity contribution in [1.29, 1.82) is 0 Å². The Kier molecular flexibility index (Phi) is 15.7. The Bertz CT molecular complexity index is 480. The highest BCUT2D eigenvalue weighted by molar-refractivity contribution is 7.52. The van der Waals surface area contributed by atoms with E-state index >= 15 is 0 Å². The lowest BCUT2D eigenvalue weighted by atomic mass is 9.83. The minimum atomic E-state index is -3.67. The highest BCUT2D eigenvalue weighted by atomic mass is 31.2. The smallest absolute Gasteiger partial charge is 0.327 e. The van der Waals surface area contributed by atoms with Gasteiger partial charge >= 0.3 is 13.6 Å². The van der Waals surface area contributed by atoms with E-state index in [9.17, 15) is 19.0 Å². The van der Waals surface area contributed by atoms with Gasteiger partial charge in [0.05, 0.1) is 13.3 Å². The zero-order chi connectivity index (χ0) is 21.4. The van der Waals surface area contributed by atoms with Crippen LogP contribution in [0.4, 0.5) is 0 Å². The fraction of sp³-hybridized carbons (Fsp3) is 0.905. The second-order valence-corrected chi connectivity index (χ2v) is 9.76. The first-order valence-electron chi connectivity index (χ1n) is 10.7. The second-order valence-electron chi connectivity index (χ2n) is 7.67. The van der Waals surface area contributed by atoms with Gasteiger partial charge in [-0.25, -0.2) is 0 Å². The topological polar surface area (TPSA) is 89.9 Å². The number of ketones is 1. The molecule has 0 spiro atoms. The molecule has 0 amide bonds. The van der Waals surface area contributed by atoms with Crippen LogP contribution in [0.25, 0.3) is 0 Å². The molecule has 3 atom stereocenters. The van der Waals surface area contributed by atoms with Crippen molar-refractivity contribution in [3.63, 3.8) is 0 Å². The number of carbonyl (C=O) groups is 2. The SMILES string of the molecule is CCCCCCCCCCCC[C@H](CCP(=O)(O)OC)[C@H](C(C)=O)C(=O)OC. The summed E-state index contributed by atoms with van der Waals surface area (Å²) in [6.07, 6.45) is 13.0. The summed E-state index contributed by atoms with van der Waals surface area (Å²) < 4.78 is 21.2. The van der Waals surface area contributed by atoms with Crippen LogP contribution in [0.3, 0.4) is 0 Å². The van der Waals surface area contributed by atoms with Gasteiger partial charge in [0, 0.05) is 7.11 Å². The molecule has 0 heterocycles. The van der Waals surface area contributed by atoms with Crippen LogP contribution in [0.1, 0.15) is 90.9 Å². The van der Waals surface area contributed by atoms with E-state index in [0.29, 0.717) is 12.8 Å². The van der Waals surface area contributed by atoms with Crippen molar-refractivity contribution >= 4 is 19.3 Å². The van der Waals surface area contributed by atoms with Crippen molar-refractivity contribution in [1.82, 2.24) is 0 Å². The quantitative estimate of drug-likeness (QED) is 0.136.